The number of hydrogen-bond donors (Lipinski definition) is 1. The van der Waals surface area contributed by atoms with Gasteiger partial charge in [0.2, 0.25) is 5.91 Å². The summed E-state index contributed by atoms with van der Waals surface area (Å²) < 4.78 is 1.03. The molecule has 1 aliphatic rings. The van der Waals surface area contributed by atoms with Crippen LogP contribution in [0.2, 0.25) is 0 Å². The lowest BCUT2D eigenvalue weighted by Gasteiger charge is -2.11. The number of aliphatic imine (C=N–C) groups is 1. The molecule has 0 bridgehead atoms. The summed E-state index contributed by atoms with van der Waals surface area (Å²) in [5.74, 6) is 1.06. The standard InChI is InChI=1S/C12H14N2OS2/c1-9(17-12-13-7-8-16-12)11(15)14-10-5-3-2-4-6-10/h2-6,9H,7-8H2,1H3,(H,14,15)/t9-/m0/s1. The Kier molecular flexibility index (Phi) is 4.50. The molecular weight excluding hydrogens is 252 g/mol. The minimum Gasteiger partial charge on any atom is -0.325 e. The van der Waals surface area contributed by atoms with Crippen molar-refractivity contribution >= 4 is 39.5 Å². The molecule has 90 valence electrons. The molecule has 3 nitrogen and oxygen atoms in total. The van der Waals surface area contributed by atoms with Crippen molar-refractivity contribution in [3.05, 3.63) is 30.3 Å². The number of carbonyl (C=O) groups is 1. The summed E-state index contributed by atoms with van der Waals surface area (Å²) in [6.45, 7) is 2.78. The highest BCUT2D eigenvalue weighted by molar-refractivity contribution is 8.39. The molecule has 1 heterocycles. The first-order valence-corrected chi connectivity index (χ1v) is 7.32. The van der Waals surface area contributed by atoms with Gasteiger partial charge in [0.1, 0.15) is 4.38 Å². The van der Waals surface area contributed by atoms with E-state index < -0.39 is 0 Å². The van der Waals surface area contributed by atoms with Crippen LogP contribution in [0.1, 0.15) is 6.92 Å². The monoisotopic (exact) mass is 266 g/mol. The first kappa shape index (κ1) is 12.5. The Labute approximate surface area is 109 Å². The molecule has 17 heavy (non-hydrogen) atoms. The van der Waals surface area contributed by atoms with Gasteiger partial charge in [-0.1, -0.05) is 41.7 Å². The number of anilines is 1. The van der Waals surface area contributed by atoms with E-state index in [1.807, 2.05) is 37.3 Å². The Morgan fingerprint density at radius 2 is 2.24 bits per heavy atom. The average molecular weight is 266 g/mol. The molecule has 2 rings (SSSR count). The maximum Gasteiger partial charge on any atom is 0.237 e. The molecule has 1 aromatic carbocycles. The first-order chi connectivity index (χ1) is 8.25. The predicted octanol–water partition coefficient (Wildman–Crippen LogP) is 2.85. The third-order valence-corrected chi connectivity index (χ3v) is 4.55. The number of rotatable bonds is 3. The van der Waals surface area contributed by atoms with Gasteiger partial charge in [-0.2, -0.15) is 0 Å². The second-order valence-electron chi connectivity index (χ2n) is 3.61. The summed E-state index contributed by atoms with van der Waals surface area (Å²) in [7, 11) is 0. The summed E-state index contributed by atoms with van der Waals surface area (Å²) in [5.41, 5.74) is 0.839. The molecule has 1 amide bonds. The highest BCUT2D eigenvalue weighted by Crippen LogP contribution is 2.26. The van der Waals surface area contributed by atoms with E-state index >= 15 is 0 Å². The minimum absolute atomic E-state index is 0.0244. The van der Waals surface area contributed by atoms with Crippen molar-refractivity contribution in [3.63, 3.8) is 0 Å². The molecule has 0 aliphatic carbocycles. The van der Waals surface area contributed by atoms with Crippen molar-refractivity contribution in [2.75, 3.05) is 17.6 Å². The molecular formula is C12H14N2OS2. The van der Waals surface area contributed by atoms with Crippen molar-refractivity contribution in [1.29, 1.82) is 0 Å². The van der Waals surface area contributed by atoms with Gasteiger partial charge in [-0.25, -0.2) is 0 Å². The van der Waals surface area contributed by atoms with Crippen molar-refractivity contribution in [2.45, 2.75) is 12.2 Å². The summed E-state index contributed by atoms with van der Waals surface area (Å²) in [4.78, 5) is 16.2. The van der Waals surface area contributed by atoms with Gasteiger partial charge >= 0.3 is 0 Å². The molecule has 0 radical (unpaired) electrons. The van der Waals surface area contributed by atoms with Crippen LogP contribution in [-0.4, -0.2) is 27.8 Å². The lowest BCUT2D eigenvalue weighted by molar-refractivity contribution is -0.115. The number of nitrogens with one attached hydrogen (secondary N) is 1. The SMILES string of the molecule is C[C@H](SC1=NCCS1)C(=O)Nc1ccccc1. The lowest BCUT2D eigenvalue weighted by atomic mass is 10.3. The molecule has 0 aromatic heterocycles. The number of nitrogens with zero attached hydrogens (tertiary/aromatic N) is 1. The maximum atomic E-state index is 11.9. The fourth-order valence-electron chi connectivity index (χ4n) is 1.36. The molecule has 0 unspecified atom stereocenters. The fourth-order valence-corrected chi connectivity index (χ4v) is 3.49. The topological polar surface area (TPSA) is 41.5 Å². The van der Waals surface area contributed by atoms with Crippen LogP contribution in [-0.2, 0) is 4.79 Å². The van der Waals surface area contributed by atoms with E-state index in [0.717, 1.165) is 22.4 Å². The van der Waals surface area contributed by atoms with Crippen LogP contribution in [0, 0.1) is 0 Å². The van der Waals surface area contributed by atoms with Crippen LogP contribution in [0.15, 0.2) is 35.3 Å². The highest BCUT2D eigenvalue weighted by Gasteiger charge is 2.18. The molecule has 0 spiro atoms. The number of hydrogen-bond acceptors (Lipinski definition) is 4. The van der Waals surface area contributed by atoms with E-state index in [0.29, 0.717) is 0 Å². The van der Waals surface area contributed by atoms with Crippen molar-refractivity contribution in [1.82, 2.24) is 0 Å². The maximum absolute atomic E-state index is 11.9. The van der Waals surface area contributed by atoms with E-state index in [1.54, 1.807) is 11.8 Å². The van der Waals surface area contributed by atoms with Gasteiger partial charge in [-0.15, -0.1) is 0 Å². The third kappa shape index (κ3) is 3.78. The Hall–Kier alpha value is -0.940. The lowest BCUT2D eigenvalue weighted by Crippen LogP contribution is -2.23. The zero-order chi connectivity index (χ0) is 12.1. The van der Waals surface area contributed by atoms with Crippen molar-refractivity contribution in [2.24, 2.45) is 4.99 Å². The van der Waals surface area contributed by atoms with Crippen LogP contribution in [0.5, 0.6) is 0 Å². The zero-order valence-corrected chi connectivity index (χ0v) is 11.2. The number of carbonyl (C=O) groups excluding carboxylic acids is 1. The summed E-state index contributed by atoms with van der Waals surface area (Å²) in [6.07, 6.45) is 0. The molecule has 5 heteroatoms. The van der Waals surface area contributed by atoms with Crippen LogP contribution in [0.25, 0.3) is 0 Å². The highest BCUT2D eigenvalue weighted by atomic mass is 32.2. The predicted molar refractivity (Wildman–Crippen MR) is 76.9 cm³/mol. The van der Waals surface area contributed by atoms with Crippen LogP contribution < -0.4 is 5.32 Å². The van der Waals surface area contributed by atoms with Gasteiger partial charge in [0, 0.05) is 11.4 Å². The Bertz CT molecular complexity index is 420. The van der Waals surface area contributed by atoms with Gasteiger partial charge in [-0.05, 0) is 19.1 Å². The molecule has 1 atom stereocenters. The van der Waals surface area contributed by atoms with Crippen molar-refractivity contribution in [3.8, 4) is 0 Å². The Balaban J connectivity index is 1.87. The van der Waals surface area contributed by atoms with Gasteiger partial charge in [0.05, 0.1) is 11.8 Å². The summed E-state index contributed by atoms with van der Waals surface area (Å²) in [5, 5.41) is 2.78. The second kappa shape index (κ2) is 6.12. The number of thioether (sulfide) groups is 2. The number of para-hydroxylation sites is 1. The van der Waals surface area contributed by atoms with E-state index in [4.69, 9.17) is 0 Å². The van der Waals surface area contributed by atoms with E-state index in [2.05, 4.69) is 10.3 Å². The first-order valence-electron chi connectivity index (χ1n) is 5.45. The summed E-state index contributed by atoms with van der Waals surface area (Å²) in [6, 6.07) is 9.51. The normalized spacial score (nSPS) is 16.4. The van der Waals surface area contributed by atoms with Crippen molar-refractivity contribution < 1.29 is 4.79 Å². The Morgan fingerprint density at radius 3 is 2.88 bits per heavy atom. The van der Waals surface area contributed by atoms with Crippen LogP contribution in [0.4, 0.5) is 5.69 Å². The smallest absolute Gasteiger partial charge is 0.237 e. The van der Waals surface area contributed by atoms with Gasteiger partial charge in [0.15, 0.2) is 0 Å². The van der Waals surface area contributed by atoms with E-state index in [9.17, 15) is 4.79 Å². The average Bonchev–Trinajstić information content (AvgIpc) is 2.83. The van der Waals surface area contributed by atoms with E-state index in [-0.39, 0.29) is 11.2 Å². The number of benzene rings is 1. The third-order valence-electron chi connectivity index (χ3n) is 2.25. The number of amides is 1. The van der Waals surface area contributed by atoms with Gasteiger partial charge < -0.3 is 5.32 Å². The molecule has 0 saturated heterocycles. The van der Waals surface area contributed by atoms with Gasteiger partial charge in [-0.3, -0.25) is 9.79 Å². The summed E-state index contributed by atoms with van der Waals surface area (Å²) >= 11 is 3.26. The minimum atomic E-state index is -0.112. The largest absolute Gasteiger partial charge is 0.325 e. The molecule has 1 N–H and O–H groups in total. The quantitative estimate of drug-likeness (QED) is 0.914. The second-order valence-corrected chi connectivity index (χ2v) is 6.28. The van der Waals surface area contributed by atoms with Crippen LogP contribution >= 0.6 is 23.5 Å². The molecule has 0 fully saturated rings. The molecule has 1 aliphatic heterocycles. The molecule has 1 aromatic rings. The van der Waals surface area contributed by atoms with Gasteiger partial charge in [0.25, 0.3) is 0 Å². The van der Waals surface area contributed by atoms with Crippen LogP contribution in [0.3, 0.4) is 0 Å². The molecule has 0 saturated carbocycles. The van der Waals surface area contributed by atoms with E-state index in [1.165, 1.54) is 11.8 Å². The fraction of sp³-hybridized carbons (Fsp3) is 0.333. The Morgan fingerprint density at radius 1 is 1.47 bits per heavy atom. The zero-order valence-electron chi connectivity index (χ0n) is 9.55.